The Morgan fingerprint density at radius 2 is 2.44 bits per heavy atom. The minimum atomic E-state index is -0.826. The number of halogens is 1. The zero-order valence-electron chi connectivity index (χ0n) is 4.85. The zero-order chi connectivity index (χ0) is 6.91. The molecule has 1 atom stereocenters. The fourth-order valence-corrected chi connectivity index (χ4v) is 1.37. The lowest BCUT2D eigenvalue weighted by Gasteiger charge is -2.14. The van der Waals surface area contributed by atoms with Gasteiger partial charge in [0.1, 0.15) is 0 Å². The Balaban J connectivity index is 2.61. The van der Waals surface area contributed by atoms with Crippen LogP contribution in [0.3, 0.4) is 0 Å². The lowest BCUT2D eigenvalue weighted by atomic mass is 10.2. The van der Waals surface area contributed by atoms with E-state index in [1.54, 1.807) is 0 Å². The van der Waals surface area contributed by atoms with Gasteiger partial charge in [-0.1, -0.05) is 15.9 Å². The van der Waals surface area contributed by atoms with E-state index in [9.17, 15) is 4.79 Å². The third kappa shape index (κ3) is 1.24. The average Bonchev–Trinajstić information content (AvgIpc) is 2.16. The molecule has 4 heteroatoms. The topological polar surface area (TPSA) is 49.3 Å². The third-order valence-electron chi connectivity index (χ3n) is 1.44. The summed E-state index contributed by atoms with van der Waals surface area (Å²) in [5, 5.41) is 11.4. The number of aliphatic carboxylic acids is 1. The minimum Gasteiger partial charge on any atom is -0.479 e. The van der Waals surface area contributed by atoms with Crippen LogP contribution in [0.1, 0.15) is 12.8 Å². The Kier molecular flexibility index (Phi) is 1.77. The smallest absolute Gasteiger partial charge is 0.335 e. The number of alkyl halides is 1. The van der Waals surface area contributed by atoms with Crippen molar-refractivity contribution in [1.29, 1.82) is 0 Å². The van der Waals surface area contributed by atoms with Gasteiger partial charge in [0.05, 0.1) is 0 Å². The summed E-state index contributed by atoms with van der Waals surface area (Å²) in [5.74, 6) is -0.819. The zero-order valence-corrected chi connectivity index (χ0v) is 6.44. The quantitative estimate of drug-likeness (QED) is 0.473. The van der Waals surface area contributed by atoms with Crippen LogP contribution in [0.4, 0.5) is 0 Å². The molecule has 9 heavy (non-hydrogen) atoms. The summed E-state index contributed by atoms with van der Waals surface area (Å²) in [5.41, 5.74) is 0. The van der Waals surface area contributed by atoms with Gasteiger partial charge < -0.3 is 5.11 Å². The van der Waals surface area contributed by atoms with Crippen molar-refractivity contribution in [1.82, 2.24) is 5.32 Å². The van der Waals surface area contributed by atoms with Crippen molar-refractivity contribution in [2.45, 2.75) is 17.3 Å². The van der Waals surface area contributed by atoms with Crippen molar-refractivity contribution in [3.05, 3.63) is 0 Å². The molecule has 1 heterocycles. The fourth-order valence-electron chi connectivity index (χ4n) is 0.889. The molecular weight excluding hydrogens is 186 g/mol. The minimum absolute atomic E-state index is 0.669. The predicted octanol–water partition coefficient (Wildman–Crippen LogP) is 0.546. The summed E-state index contributed by atoms with van der Waals surface area (Å²) in [6, 6.07) is 0. The first kappa shape index (κ1) is 7.02. The van der Waals surface area contributed by atoms with Crippen LogP contribution in [0, 0.1) is 0 Å². The monoisotopic (exact) mass is 193 g/mol. The maximum Gasteiger partial charge on any atom is 0.335 e. The van der Waals surface area contributed by atoms with Gasteiger partial charge in [-0.05, 0) is 19.4 Å². The molecule has 1 rings (SSSR count). The summed E-state index contributed by atoms with van der Waals surface area (Å²) in [4.78, 5) is 10.4. The highest BCUT2D eigenvalue weighted by atomic mass is 79.9. The Hall–Kier alpha value is -0.0900. The molecule has 1 fully saturated rings. The molecule has 0 aromatic heterocycles. The molecule has 0 aliphatic carbocycles. The molecule has 1 aliphatic rings. The Morgan fingerprint density at radius 1 is 1.78 bits per heavy atom. The second-order valence-corrected chi connectivity index (χ2v) is 3.49. The lowest BCUT2D eigenvalue weighted by Crippen LogP contribution is -2.41. The molecule has 1 aliphatic heterocycles. The number of carboxylic acid groups (broad SMARTS) is 1. The van der Waals surface area contributed by atoms with E-state index >= 15 is 0 Å². The largest absolute Gasteiger partial charge is 0.479 e. The normalized spacial score (nSPS) is 34.8. The number of hydrogen-bond donors (Lipinski definition) is 2. The van der Waals surface area contributed by atoms with Crippen LogP contribution in [0.2, 0.25) is 0 Å². The van der Waals surface area contributed by atoms with Crippen molar-refractivity contribution in [3.63, 3.8) is 0 Å². The summed E-state index contributed by atoms with van der Waals surface area (Å²) >= 11 is 3.10. The molecule has 0 radical (unpaired) electrons. The van der Waals surface area contributed by atoms with Crippen LogP contribution in [-0.2, 0) is 4.79 Å². The van der Waals surface area contributed by atoms with Crippen molar-refractivity contribution in [2.75, 3.05) is 6.54 Å². The van der Waals surface area contributed by atoms with E-state index in [0.717, 1.165) is 13.0 Å². The Morgan fingerprint density at radius 3 is 2.67 bits per heavy atom. The summed E-state index contributed by atoms with van der Waals surface area (Å²) in [6.07, 6.45) is 1.60. The van der Waals surface area contributed by atoms with Crippen molar-refractivity contribution in [3.8, 4) is 0 Å². The highest BCUT2D eigenvalue weighted by Gasteiger charge is 2.37. The van der Waals surface area contributed by atoms with Gasteiger partial charge in [0.25, 0.3) is 0 Å². The van der Waals surface area contributed by atoms with Gasteiger partial charge >= 0.3 is 5.97 Å². The van der Waals surface area contributed by atoms with Gasteiger partial charge in [-0.25, -0.2) is 4.79 Å². The van der Waals surface area contributed by atoms with Crippen LogP contribution in [0.25, 0.3) is 0 Å². The molecular formula is C5H8BrNO2. The molecule has 52 valence electrons. The van der Waals surface area contributed by atoms with Crippen LogP contribution in [-0.4, -0.2) is 22.1 Å². The average molecular weight is 194 g/mol. The van der Waals surface area contributed by atoms with E-state index in [0.29, 0.717) is 6.42 Å². The van der Waals surface area contributed by atoms with E-state index in [-0.39, 0.29) is 0 Å². The number of rotatable bonds is 1. The van der Waals surface area contributed by atoms with Gasteiger partial charge in [0, 0.05) is 0 Å². The second-order valence-electron chi connectivity index (χ2n) is 2.14. The lowest BCUT2D eigenvalue weighted by molar-refractivity contribution is -0.140. The molecule has 0 aromatic rings. The number of hydrogen-bond acceptors (Lipinski definition) is 2. The number of nitrogens with one attached hydrogen (secondary N) is 1. The van der Waals surface area contributed by atoms with Crippen LogP contribution in [0.15, 0.2) is 0 Å². The third-order valence-corrected chi connectivity index (χ3v) is 2.46. The van der Waals surface area contributed by atoms with Gasteiger partial charge in [0.15, 0.2) is 4.45 Å². The van der Waals surface area contributed by atoms with Gasteiger partial charge in [-0.3, -0.25) is 5.32 Å². The van der Waals surface area contributed by atoms with E-state index < -0.39 is 10.4 Å². The summed E-state index contributed by atoms with van der Waals surface area (Å²) < 4.78 is -0.826. The number of carboxylic acids is 1. The van der Waals surface area contributed by atoms with E-state index in [2.05, 4.69) is 21.2 Å². The predicted molar refractivity (Wildman–Crippen MR) is 36.5 cm³/mol. The molecule has 0 saturated carbocycles. The van der Waals surface area contributed by atoms with E-state index in [1.807, 2.05) is 0 Å². The highest BCUT2D eigenvalue weighted by molar-refractivity contribution is 9.10. The van der Waals surface area contributed by atoms with Gasteiger partial charge in [-0.2, -0.15) is 0 Å². The van der Waals surface area contributed by atoms with Crippen molar-refractivity contribution >= 4 is 21.9 Å². The summed E-state index contributed by atoms with van der Waals surface area (Å²) in [6.45, 7) is 0.789. The standard InChI is InChI=1S/C5H8BrNO2/c6-5(4(8)9)2-1-3-7-5/h7H,1-3H2,(H,8,9)/t5-/m0/s1. The summed E-state index contributed by atoms with van der Waals surface area (Å²) in [7, 11) is 0. The molecule has 1 saturated heterocycles. The SMILES string of the molecule is O=C(O)[C@]1(Br)CCCN1. The maximum atomic E-state index is 10.4. The second kappa shape index (κ2) is 2.27. The van der Waals surface area contributed by atoms with E-state index in [4.69, 9.17) is 5.11 Å². The molecule has 0 spiro atoms. The van der Waals surface area contributed by atoms with Gasteiger partial charge in [-0.15, -0.1) is 0 Å². The molecule has 0 unspecified atom stereocenters. The van der Waals surface area contributed by atoms with E-state index in [1.165, 1.54) is 0 Å². The first-order chi connectivity index (χ1) is 4.15. The van der Waals surface area contributed by atoms with Crippen LogP contribution >= 0.6 is 15.9 Å². The maximum absolute atomic E-state index is 10.4. The van der Waals surface area contributed by atoms with Crippen LogP contribution < -0.4 is 5.32 Å². The molecule has 3 nitrogen and oxygen atoms in total. The first-order valence-electron chi connectivity index (χ1n) is 2.82. The highest BCUT2D eigenvalue weighted by Crippen LogP contribution is 2.25. The molecule has 0 amide bonds. The number of carbonyl (C=O) groups is 1. The van der Waals surface area contributed by atoms with Gasteiger partial charge in [0.2, 0.25) is 0 Å². The Labute approximate surface area is 61.6 Å². The molecule has 2 N–H and O–H groups in total. The first-order valence-corrected chi connectivity index (χ1v) is 3.62. The van der Waals surface area contributed by atoms with Crippen molar-refractivity contribution in [2.24, 2.45) is 0 Å². The molecule has 0 bridgehead atoms. The fraction of sp³-hybridized carbons (Fsp3) is 0.800. The van der Waals surface area contributed by atoms with Crippen molar-refractivity contribution < 1.29 is 9.90 Å². The Bertz CT molecular complexity index is 131. The van der Waals surface area contributed by atoms with Crippen LogP contribution in [0.5, 0.6) is 0 Å². The molecule has 0 aromatic carbocycles.